The Hall–Kier alpha value is -2.16. The number of carbonyl (C=O) groups is 1. The number of hydrogen-bond donors (Lipinski definition) is 3. The topological polar surface area (TPSA) is 65.5 Å². The fourth-order valence-corrected chi connectivity index (χ4v) is 3.42. The van der Waals surface area contributed by atoms with Crippen LogP contribution in [-0.4, -0.2) is 18.9 Å². The summed E-state index contributed by atoms with van der Waals surface area (Å²) < 4.78 is 13.7. The molecule has 0 unspecified atom stereocenters. The van der Waals surface area contributed by atoms with Crippen LogP contribution in [0.2, 0.25) is 0 Å². The molecule has 3 N–H and O–H groups in total. The van der Waals surface area contributed by atoms with E-state index in [1.54, 1.807) is 19.2 Å². The van der Waals surface area contributed by atoms with E-state index in [1.807, 2.05) is 30.3 Å². The number of nitrogens with zero attached hydrogens (tertiary/aromatic N) is 1. The third-order valence-corrected chi connectivity index (χ3v) is 5.01. The molecule has 1 saturated carbocycles. The molecule has 156 valence electrons. The number of hydrogen-bond acceptors (Lipinski definition) is 2. The molecule has 2 aromatic carbocycles. The van der Waals surface area contributed by atoms with Gasteiger partial charge >= 0.3 is 0 Å². The van der Waals surface area contributed by atoms with E-state index in [0.29, 0.717) is 24.6 Å². The summed E-state index contributed by atoms with van der Waals surface area (Å²) in [5.41, 5.74) is 2.42. The van der Waals surface area contributed by atoms with Crippen LogP contribution in [0.15, 0.2) is 53.5 Å². The second-order valence-corrected chi connectivity index (χ2v) is 7.04. The minimum Gasteiger partial charge on any atom is -0.352 e. The van der Waals surface area contributed by atoms with Gasteiger partial charge in [-0.25, -0.2) is 4.39 Å². The lowest BCUT2D eigenvalue weighted by Crippen LogP contribution is -2.36. The van der Waals surface area contributed by atoms with Crippen molar-refractivity contribution in [2.75, 3.05) is 12.4 Å². The van der Waals surface area contributed by atoms with Gasteiger partial charge in [0.15, 0.2) is 5.96 Å². The highest BCUT2D eigenvalue weighted by Gasteiger charge is 2.22. The molecule has 0 heterocycles. The molecule has 0 aliphatic heterocycles. The Morgan fingerprint density at radius 1 is 1.07 bits per heavy atom. The molecule has 29 heavy (non-hydrogen) atoms. The van der Waals surface area contributed by atoms with Crippen LogP contribution in [-0.2, 0) is 17.9 Å². The summed E-state index contributed by atoms with van der Waals surface area (Å²) in [6.07, 6.45) is 4.25. The lowest BCUT2D eigenvalue weighted by atomic mass is 10.1. The zero-order valence-electron chi connectivity index (χ0n) is 16.6. The number of carbonyl (C=O) groups excluding carboxylic acids is 1. The van der Waals surface area contributed by atoms with E-state index >= 15 is 0 Å². The van der Waals surface area contributed by atoms with Gasteiger partial charge in [0.25, 0.3) is 0 Å². The first-order chi connectivity index (χ1) is 13.7. The molecule has 1 fully saturated rings. The predicted molar refractivity (Wildman–Crippen MR) is 126 cm³/mol. The molecule has 0 saturated heterocycles. The number of benzene rings is 2. The summed E-state index contributed by atoms with van der Waals surface area (Å²) >= 11 is 0. The zero-order valence-corrected chi connectivity index (χ0v) is 18.9. The van der Waals surface area contributed by atoms with Gasteiger partial charge in [0.2, 0.25) is 5.91 Å². The number of anilines is 1. The molecule has 0 atom stereocenters. The van der Waals surface area contributed by atoms with Crippen LogP contribution in [0.4, 0.5) is 10.1 Å². The van der Waals surface area contributed by atoms with Crippen molar-refractivity contribution >= 4 is 41.5 Å². The van der Waals surface area contributed by atoms with Crippen LogP contribution in [0.1, 0.15) is 36.8 Å². The van der Waals surface area contributed by atoms with Crippen molar-refractivity contribution in [3.63, 3.8) is 0 Å². The Balaban J connectivity index is 0.00000300. The van der Waals surface area contributed by atoms with Crippen LogP contribution in [0.25, 0.3) is 0 Å². The fourth-order valence-electron chi connectivity index (χ4n) is 3.42. The quantitative estimate of drug-likeness (QED) is 0.306. The van der Waals surface area contributed by atoms with Crippen LogP contribution in [0.5, 0.6) is 0 Å². The first-order valence-corrected chi connectivity index (χ1v) is 9.73. The van der Waals surface area contributed by atoms with Crippen molar-refractivity contribution in [3.05, 3.63) is 65.5 Å². The van der Waals surface area contributed by atoms with E-state index in [9.17, 15) is 9.18 Å². The lowest BCUT2D eigenvalue weighted by Gasteiger charge is -2.14. The van der Waals surface area contributed by atoms with Gasteiger partial charge in [-0.1, -0.05) is 43.2 Å². The van der Waals surface area contributed by atoms with Gasteiger partial charge in [0.05, 0.1) is 0 Å². The maximum atomic E-state index is 13.7. The molecule has 7 heteroatoms. The van der Waals surface area contributed by atoms with Crippen molar-refractivity contribution in [1.29, 1.82) is 0 Å². The third kappa shape index (κ3) is 6.99. The molecule has 0 spiro atoms. The number of nitrogens with one attached hydrogen (secondary N) is 3. The van der Waals surface area contributed by atoms with Crippen LogP contribution < -0.4 is 16.0 Å². The number of rotatable bonds is 6. The molecule has 5 nitrogen and oxygen atoms in total. The van der Waals surface area contributed by atoms with E-state index in [-0.39, 0.29) is 41.6 Å². The van der Waals surface area contributed by atoms with Gasteiger partial charge in [-0.15, -0.1) is 24.0 Å². The number of amides is 1. The van der Waals surface area contributed by atoms with Crippen molar-refractivity contribution in [1.82, 2.24) is 10.6 Å². The molecular formula is C22H28FIN4O. The largest absolute Gasteiger partial charge is 0.352 e. The minimum absolute atomic E-state index is 0. The maximum Gasteiger partial charge on any atom is 0.227 e. The molecule has 1 amide bonds. The average Bonchev–Trinajstić information content (AvgIpc) is 3.25. The minimum atomic E-state index is -0.240. The highest BCUT2D eigenvalue weighted by molar-refractivity contribution is 14.0. The van der Waals surface area contributed by atoms with E-state index in [2.05, 4.69) is 20.9 Å². The summed E-state index contributed by atoms with van der Waals surface area (Å²) in [4.78, 5) is 16.5. The Kier molecular flexibility index (Phi) is 9.37. The summed E-state index contributed by atoms with van der Waals surface area (Å²) in [7, 11) is 1.68. The molecule has 2 aromatic rings. The normalized spacial score (nSPS) is 14.2. The Morgan fingerprint density at radius 3 is 2.52 bits per heavy atom. The van der Waals surface area contributed by atoms with Crippen molar-refractivity contribution in [2.24, 2.45) is 10.9 Å². The van der Waals surface area contributed by atoms with Crippen LogP contribution in [0.3, 0.4) is 0 Å². The van der Waals surface area contributed by atoms with Gasteiger partial charge in [-0.3, -0.25) is 9.79 Å². The summed E-state index contributed by atoms with van der Waals surface area (Å²) in [6, 6.07) is 14.4. The first kappa shape index (κ1) is 23.1. The predicted octanol–water partition coefficient (Wildman–Crippen LogP) is 4.44. The summed E-state index contributed by atoms with van der Waals surface area (Å²) in [5, 5.41) is 9.35. The Morgan fingerprint density at radius 2 is 1.79 bits per heavy atom. The smallest absolute Gasteiger partial charge is 0.227 e. The standard InChI is InChI=1S/C22H27FN4O.HI/c1-24-22(26-15-18-10-4-5-12-20(18)23)25-14-16-7-6-11-19(13-16)27-21(28)17-8-2-3-9-17;/h4-7,10-13,17H,2-3,8-9,14-15H2,1H3,(H,27,28)(H2,24,25,26);1H. The van der Waals surface area contributed by atoms with Crippen molar-refractivity contribution in [3.8, 4) is 0 Å². The van der Waals surface area contributed by atoms with E-state index in [0.717, 1.165) is 36.9 Å². The van der Waals surface area contributed by atoms with E-state index < -0.39 is 0 Å². The van der Waals surface area contributed by atoms with E-state index in [1.165, 1.54) is 6.07 Å². The molecule has 1 aliphatic carbocycles. The van der Waals surface area contributed by atoms with Gasteiger partial charge in [-0.2, -0.15) is 0 Å². The van der Waals surface area contributed by atoms with Crippen LogP contribution in [0, 0.1) is 11.7 Å². The second-order valence-electron chi connectivity index (χ2n) is 7.04. The summed E-state index contributed by atoms with van der Waals surface area (Å²) in [5.74, 6) is 0.605. The fraction of sp³-hybridized carbons (Fsp3) is 0.364. The molecule has 0 aromatic heterocycles. The number of guanidine groups is 1. The summed E-state index contributed by atoms with van der Waals surface area (Å²) in [6.45, 7) is 0.897. The van der Waals surface area contributed by atoms with Gasteiger partial charge in [-0.05, 0) is 36.6 Å². The van der Waals surface area contributed by atoms with Gasteiger partial charge < -0.3 is 16.0 Å². The Labute approximate surface area is 188 Å². The second kappa shape index (κ2) is 11.7. The highest BCUT2D eigenvalue weighted by atomic mass is 127. The third-order valence-electron chi connectivity index (χ3n) is 5.01. The van der Waals surface area contributed by atoms with Crippen molar-refractivity contribution < 1.29 is 9.18 Å². The first-order valence-electron chi connectivity index (χ1n) is 9.73. The van der Waals surface area contributed by atoms with Crippen molar-refractivity contribution in [2.45, 2.75) is 38.8 Å². The molecule has 0 radical (unpaired) electrons. The molecular weight excluding hydrogens is 482 g/mol. The lowest BCUT2D eigenvalue weighted by molar-refractivity contribution is -0.119. The van der Waals surface area contributed by atoms with Gasteiger partial charge in [0.1, 0.15) is 5.82 Å². The molecule has 1 aliphatic rings. The van der Waals surface area contributed by atoms with Crippen LogP contribution >= 0.6 is 24.0 Å². The Bertz CT molecular complexity index is 837. The monoisotopic (exact) mass is 510 g/mol. The SMILES string of the molecule is CN=C(NCc1cccc(NC(=O)C2CCCC2)c1)NCc1ccccc1F.I. The molecule has 3 rings (SSSR count). The average molecular weight is 510 g/mol. The highest BCUT2D eigenvalue weighted by Crippen LogP contribution is 2.26. The van der Waals surface area contributed by atoms with Gasteiger partial charge in [0, 0.05) is 37.3 Å². The zero-order chi connectivity index (χ0) is 19.8. The number of aliphatic imine (C=N–C) groups is 1. The number of halogens is 2. The molecule has 0 bridgehead atoms. The maximum absolute atomic E-state index is 13.7. The van der Waals surface area contributed by atoms with E-state index in [4.69, 9.17) is 0 Å².